The molecule has 1 unspecified atom stereocenters. The smallest absolute Gasteiger partial charge is 0.308 e. The van der Waals surface area contributed by atoms with Crippen LogP contribution in [0.15, 0.2) is 30.3 Å². The number of carbonyl (C=O) groups is 1. The van der Waals surface area contributed by atoms with Crippen molar-refractivity contribution in [2.75, 3.05) is 7.05 Å². The molecule has 2 aliphatic rings. The fourth-order valence-electron chi connectivity index (χ4n) is 4.06. The second kappa shape index (κ2) is 4.97. The Morgan fingerprint density at radius 2 is 2.05 bits per heavy atom. The number of carboxylic acids is 1. The summed E-state index contributed by atoms with van der Waals surface area (Å²) in [6.45, 7) is 0. The molecule has 2 bridgehead atoms. The van der Waals surface area contributed by atoms with Gasteiger partial charge in [-0.25, -0.2) is 0 Å². The summed E-state index contributed by atoms with van der Waals surface area (Å²) in [6, 6.07) is 11.1. The molecule has 0 spiro atoms. The molecule has 0 aliphatic carbocycles. The number of aliphatic carboxylic acids is 1. The monoisotopic (exact) mass is 259 g/mol. The van der Waals surface area contributed by atoms with Gasteiger partial charge in [0.1, 0.15) is 0 Å². The third-order valence-electron chi connectivity index (χ3n) is 5.02. The highest BCUT2D eigenvalue weighted by Gasteiger charge is 2.48. The number of nitrogens with zero attached hydrogens (tertiary/aromatic N) is 1. The van der Waals surface area contributed by atoms with E-state index in [1.54, 1.807) is 0 Å². The minimum atomic E-state index is -0.613. The molecule has 2 aliphatic heterocycles. The summed E-state index contributed by atoms with van der Waals surface area (Å²) in [7, 11) is 2.09. The highest BCUT2D eigenvalue weighted by atomic mass is 16.4. The van der Waals surface area contributed by atoms with E-state index in [1.807, 2.05) is 18.2 Å². The molecule has 0 saturated carbocycles. The maximum atomic E-state index is 11.7. The third kappa shape index (κ3) is 2.27. The number of fused-ring (bicyclic) bond motifs is 2. The normalized spacial score (nSPS) is 34.4. The Hall–Kier alpha value is -1.35. The molecular formula is C16H21NO2. The Bertz CT molecular complexity index is 459. The van der Waals surface area contributed by atoms with Gasteiger partial charge in [0, 0.05) is 12.1 Å². The number of hydrogen-bond donors (Lipinski definition) is 1. The maximum Gasteiger partial charge on any atom is 0.308 e. The number of rotatable bonds is 3. The van der Waals surface area contributed by atoms with Gasteiger partial charge >= 0.3 is 5.97 Å². The van der Waals surface area contributed by atoms with Gasteiger partial charge in [0.15, 0.2) is 0 Å². The van der Waals surface area contributed by atoms with Crippen LogP contribution in [0.2, 0.25) is 0 Å². The largest absolute Gasteiger partial charge is 0.481 e. The van der Waals surface area contributed by atoms with Gasteiger partial charge in [-0.2, -0.15) is 0 Å². The van der Waals surface area contributed by atoms with Crippen molar-refractivity contribution in [2.24, 2.45) is 11.8 Å². The van der Waals surface area contributed by atoms with Crippen molar-refractivity contribution in [3.8, 4) is 0 Å². The summed E-state index contributed by atoms with van der Waals surface area (Å²) < 4.78 is 0. The molecule has 0 amide bonds. The number of hydrogen-bond acceptors (Lipinski definition) is 2. The SMILES string of the molecule is CN1C2CC[C@@H]1[C@H](C(=O)O)[C@@H](Cc1ccccc1)C2. The van der Waals surface area contributed by atoms with Crippen LogP contribution in [0.3, 0.4) is 0 Å². The summed E-state index contributed by atoms with van der Waals surface area (Å²) in [5.41, 5.74) is 1.27. The Balaban J connectivity index is 1.82. The molecule has 1 aromatic carbocycles. The minimum absolute atomic E-state index is 0.205. The van der Waals surface area contributed by atoms with E-state index in [9.17, 15) is 9.90 Å². The fourth-order valence-corrected chi connectivity index (χ4v) is 4.06. The zero-order chi connectivity index (χ0) is 13.4. The second-order valence-electron chi connectivity index (χ2n) is 6.01. The second-order valence-corrected chi connectivity index (χ2v) is 6.01. The van der Waals surface area contributed by atoms with E-state index in [1.165, 1.54) is 5.56 Å². The first-order valence-electron chi connectivity index (χ1n) is 7.15. The van der Waals surface area contributed by atoms with Crippen LogP contribution < -0.4 is 0 Å². The van der Waals surface area contributed by atoms with Crippen LogP contribution in [0.1, 0.15) is 24.8 Å². The van der Waals surface area contributed by atoms with Crippen molar-refractivity contribution in [1.29, 1.82) is 0 Å². The van der Waals surface area contributed by atoms with Crippen molar-refractivity contribution in [1.82, 2.24) is 4.90 Å². The molecule has 102 valence electrons. The molecule has 1 aromatic rings. The van der Waals surface area contributed by atoms with E-state index in [2.05, 4.69) is 24.1 Å². The molecule has 2 saturated heterocycles. The van der Waals surface area contributed by atoms with Crippen LogP contribution in [-0.4, -0.2) is 35.1 Å². The first-order valence-corrected chi connectivity index (χ1v) is 7.15. The van der Waals surface area contributed by atoms with E-state index < -0.39 is 5.97 Å². The molecule has 2 fully saturated rings. The number of carboxylic acid groups (broad SMARTS) is 1. The van der Waals surface area contributed by atoms with Crippen LogP contribution >= 0.6 is 0 Å². The molecule has 3 heteroatoms. The van der Waals surface area contributed by atoms with Crippen molar-refractivity contribution >= 4 is 5.97 Å². The lowest BCUT2D eigenvalue weighted by molar-refractivity contribution is -0.148. The zero-order valence-electron chi connectivity index (χ0n) is 11.3. The Morgan fingerprint density at radius 3 is 2.74 bits per heavy atom. The van der Waals surface area contributed by atoms with E-state index in [0.29, 0.717) is 6.04 Å². The van der Waals surface area contributed by atoms with E-state index in [-0.39, 0.29) is 17.9 Å². The first kappa shape index (κ1) is 12.7. The first-order chi connectivity index (χ1) is 9.16. The molecule has 3 rings (SSSR count). The van der Waals surface area contributed by atoms with Gasteiger partial charge in [0.2, 0.25) is 0 Å². The lowest BCUT2D eigenvalue weighted by Crippen LogP contribution is -2.50. The summed E-state index contributed by atoms with van der Waals surface area (Å²) in [5.74, 6) is -0.532. The van der Waals surface area contributed by atoms with E-state index in [4.69, 9.17) is 0 Å². The minimum Gasteiger partial charge on any atom is -0.481 e. The van der Waals surface area contributed by atoms with Gasteiger partial charge < -0.3 is 5.11 Å². The summed E-state index contributed by atoms with van der Waals surface area (Å²) in [4.78, 5) is 14.0. The zero-order valence-corrected chi connectivity index (χ0v) is 11.3. The third-order valence-corrected chi connectivity index (χ3v) is 5.02. The average molecular weight is 259 g/mol. The highest BCUT2D eigenvalue weighted by molar-refractivity contribution is 5.71. The lowest BCUT2D eigenvalue weighted by atomic mass is 9.77. The van der Waals surface area contributed by atoms with Crippen molar-refractivity contribution in [3.05, 3.63) is 35.9 Å². The summed E-state index contributed by atoms with van der Waals surface area (Å²) in [5, 5.41) is 9.60. The highest BCUT2D eigenvalue weighted by Crippen LogP contribution is 2.42. The van der Waals surface area contributed by atoms with E-state index in [0.717, 1.165) is 25.7 Å². The number of piperidine rings is 1. The number of benzene rings is 1. The molecule has 4 atom stereocenters. The molecule has 3 nitrogen and oxygen atoms in total. The van der Waals surface area contributed by atoms with Crippen LogP contribution in [0.4, 0.5) is 0 Å². The van der Waals surface area contributed by atoms with Crippen molar-refractivity contribution in [3.63, 3.8) is 0 Å². The Kier molecular flexibility index (Phi) is 3.31. The molecule has 1 N–H and O–H groups in total. The molecule has 0 radical (unpaired) electrons. The molecule has 0 aromatic heterocycles. The van der Waals surface area contributed by atoms with Crippen molar-refractivity contribution in [2.45, 2.75) is 37.8 Å². The van der Waals surface area contributed by atoms with Gasteiger partial charge in [0.25, 0.3) is 0 Å². The van der Waals surface area contributed by atoms with Gasteiger partial charge in [-0.3, -0.25) is 9.69 Å². The van der Waals surface area contributed by atoms with Gasteiger partial charge in [-0.05, 0) is 44.2 Å². The van der Waals surface area contributed by atoms with Gasteiger partial charge in [0.05, 0.1) is 5.92 Å². The Morgan fingerprint density at radius 1 is 1.32 bits per heavy atom. The standard InChI is InChI=1S/C16H21NO2/c1-17-13-7-8-14(17)15(16(18)19)12(10-13)9-11-5-3-2-4-6-11/h2-6,12-15H,7-10H2,1H3,(H,18,19)/t12-,13?,14+,15+/m0/s1. The average Bonchev–Trinajstić information content (AvgIpc) is 2.63. The van der Waals surface area contributed by atoms with Crippen LogP contribution in [-0.2, 0) is 11.2 Å². The van der Waals surface area contributed by atoms with Crippen LogP contribution in [0.25, 0.3) is 0 Å². The molecular weight excluding hydrogens is 238 g/mol. The summed E-state index contributed by atoms with van der Waals surface area (Å²) >= 11 is 0. The quantitative estimate of drug-likeness (QED) is 0.906. The topological polar surface area (TPSA) is 40.5 Å². The van der Waals surface area contributed by atoms with Crippen LogP contribution in [0, 0.1) is 11.8 Å². The van der Waals surface area contributed by atoms with Gasteiger partial charge in [-0.1, -0.05) is 30.3 Å². The van der Waals surface area contributed by atoms with Gasteiger partial charge in [-0.15, -0.1) is 0 Å². The summed E-state index contributed by atoms with van der Waals surface area (Å²) in [6.07, 6.45) is 4.14. The van der Waals surface area contributed by atoms with E-state index >= 15 is 0 Å². The lowest BCUT2D eigenvalue weighted by Gasteiger charge is -2.41. The molecule has 19 heavy (non-hydrogen) atoms. The fraction of sp³-hybridized carbons (Fsp3) is 0.562. The maximum absolute atomic E-state index is 11.7. The predicted octanol–water partition coefficient (Wildman–Crippen LogP) is 2.41. The molecule has 2 heterocycles. The van der Waals surface area contributed by atoms with Crippen LogP contribution in [0.5, 0.6) is 0 Å². The Labute approximate surface area is 114 Å². The predicted molar refractivity (Wildman–Crippen MR) is 74.0 cm³/mol. The van der Waals surface area contributed by atoms with Crippen molar-refractivity contribution < 1.29 is 9.90 Å².